The van der Waals surface area contributed by atoms with E-state index in [1.165, 1.54) is 0 Å². The van der Waals surface area contributed by atoms with Gasteiger partial charge in [0, 0.05) is 18.4 Å². The number of carbonyl (C=O) groups excluding carboxylic acids is 2. The fourth-order valence-corrected chi connectivity index (χ4v) is 4.01. The Morgan fingerprint density at radius 1 is 1.23 bits per heavy atom. The van der Waals surface area contributed by atoms with E-state index in [2.05, 4.69) is 15.8 Å². The number of rotatable bonds is 2. The van der Waals surface area contributed by atoms with Crippen LogP contribution in [0.2, 0.25) is 0 Å². The minimum Gasteiger partial charge on any atom is -0.360 e. The van der Waals surface area contributed by atoms with Gasteiger partial charge in [-0.3, -0.25) is 9.59 Å². The summed E-state index contributed by atoms with van der Waals surface area (Å²) >= 11 is 0. The molecule has 2 amide bonds. The molecule has 2 fully saturated rings. The molecule has 2 N–H and O–H groups in total. The lowest BCUT2D eigenvalue weighted by atomic mass is 9.68. The quantitative estimate of drug-likeness (QED) is 0.867. The van der Waals surface area contributed by atoms with Gasteiger partial charge >= 0.3 is 0 Å². The standard InChI is InChI=1S/C16H21N3O3/c20-13-7-6-12(16(18-13)8-3-9-16)17-15(21)14-10-4-1-2-5-11(10)22-19-14/h12H,1-9H2,(H,17,21)(H,18,20). The lowest BCUT2D eigenvalue weighted by Crippen LogP contribution is -2.68. The van der Waals surface area contributed by atoms with Crippen LogP contribution in [0.5, 0.6) is 0 Å². The molecule has 1 unspecified atom stereocenters. The SMILES string of the molecule is O=C1CCC(NC(=O)c2noc3c2CCCC3)C2(CCC2)N1. The summed E-state index contributed by atoms with van der Waals surface area (Å²) < 4.78 is 5.33. The average Bonchev–Trinajstić information content (AvgIpc) is 2.91. The van der Waals surface area contributed by atoms with Crippen molar-refractivity contribution in [2.24, 2.45) is 0 Å². The summed E-state index contributed by atoms with van der Waals surface area (Å²) in [7, 11) is 0. The van der Waals surface area contributed by atoms with Crippen molar-refractivity contribution < 1.29 is 14.1 Å². The molecule has 1 saturated carbocycles. The maximum atomic E-state index is 12.6. The molecule has 0 radical (unpaired) electrons. The van der Waals surface area contributed by atoms with Crippen molar-refractivity contribution in [1.82, 2.24) is 15.8 Å². The first-order chi connectivity index (χ1) is 10.7. The van der Waals surface area contributed by atoms with Gasteiger partial charge in [0.2, 0.25) is 5.91 Å². The van der Waals surface area contributed by atoms with Gasteiger partial charge in [-0.05, 0) is 44.9 Å². The first-order valence-electron chi connectivity index (χ1n) is 8.27. The number of hydrogen-bond acceptors (Lipinski definition) is 4. The van der Waals surface area contributed by atoms with Gasteiger partial charge in [0.05, 0.1) is 11.6 Å². The smallest absolute Gasteiger partial charge is 0.274 e. The van der Waals surface area contributed by atoms with E-state index in [0.29, 0.717) is 18.5 Å². The van der Waals surface area contributed by atoms with Crippen LogP contribution in [0.3, 0.4) is 0 Å². The van der Waals surface area contributed by atoms with Crippen LogP contribution in [0.25, 0.3) is 0 Å². The first kappa shape index (κ1) is 13.8. The highest BCUT2D eigenvalue weighted by Gasteiger charge is 2.48. The highest BCUT2D eigenvalue weighted by molar-refractivity contribution is 5.94. The van der Waals surface area contributed by atoms with Crippen molar-refractivity contribution in [1.29, 1.82) is 0 Å². The molecule has 2 heterocycles. The average molecular weight is 303 g/mol. The molecule has 0 bridgehead atoms. The maximum Gasteiger partial charge on any atom is 0.274 e. The number of hydrogen-bond donors (Lipinski definition) is 2. The number of nitrogens with zero attached hydrogens (tertiary/aromatic N) is 1. The number of aromatic nitrogens is 1. The number of fused-ring (bicyclic) bond motifs is 1. The number of aryl methyl sites for hydroxylation is 1. The molecule has 3 aliphatic rings. The highest BCUT2D eigenvalue weighted by Crippen LogP contribution is 2.39. The van der Waals surface area contributed by atoms with Gasteiger partial charge in [-0.2, -0.15) is 0 Å². The van der Waals surface area contributed by atoms with Crippen LogP contribution in [0.1, 0.15) is 66.8 Å². The van der Waals surface area contributed by atoms with Crippen molar-refractivity contribution in [2.75, 3.05) is 0 Å². The largest absolute Gasteiger partial charge is 0.360 e. The van der Waals surface area contributed by atoms with Gasteiger partial charge in [-0.25, -0.2) is 0 Å². The number of piperidine rings is 1. The van der Waals surface area contributed by atoms with E-state index >= 15 is 0 Å². The molecule has 4 rings (SSSR count). The number of nitrogens with one attached hydrogen (secondary N) is 2. The van der Waals surface area contributed by atoms with Crippen molar-refractivity contribution in [3.05, 3.63) is 17.0 Å². The molecule has 6 heteroatoms. The molecule has 1 aliphatic heterocycles. The van der Waals surface area contributed by atoms with Gasteiger partial charge in [-0.15, -0.1) is 0 Å². The van der Waals surface area contributed by atoms with Crippen LogP contribution >= 0.6 is 0 Å². The summed E-state index contributed by atoms with van der Waals surface area (Å²) in [4.78, 5) is 24.3. The molecule has 1 aromatic rings. The summed E-state index contributed by atoms with van der Waals surface area (Å²) in [5, 5.41) is 10.2. The van der Waals surface area contributed by atoms with Gasteiger partial charge in [0.1, 0.15) is 5.76 Å². The van der Waals surface area contributed by atoms with Gasteiger partial charge < -0.3 is 15.2 Å². The Morgan fingerprint density at radius 3 is 2.82 bits per heavy atom. The van der Waals surface area contributed by atoms with E-state index in [9.17, 15) is 9.59 Å². The second-order valence-electron chi connectivity index (χ2n) is 6.76. The van der Waals surface area contributed by atoms with Crippen molar-refractivity contribution >= 4 is 11.8 Å². The molecule has 1 spiro atoms. The third kappa shape index (κ3) is 2.12. The van der Waals surface area contributed by atoms with Crippen molar-refractivity contribution in [3.8, 4) is 0 Å². The van der Waals surface area contributed by atoms with E-state index in [-0.39, 0.29) is 23.4 Å². The Hall–Kier alpha value is -1.85. The van der Waals surface area contributed by atoms with Crippen LogP contribution in [0, 0.1) is 0 Å². The Morgan fingerprint density at radius 2 is 2.05 bits per heavy atom. The number of carbonyl (C=O) groups is 2. The summed E-state index contributed by atoms with van der Waals surface area (Å²) in [5.74, 6) is 0.815. The van der Waals surface area contributed by atoms with E-state index in [4.69, 9.17) is 4.52 Å². The molecular formula is C16H21N3O3. The zero-order chi connectivity index (χ0) is 15.2. The molecule has 6 nitrogen and oxygen atoms in total. The topological polar surface area (TPSA) is 84.2 Å². The zero-order valence-electron chi connectivity index (χ0n) is 12.6. The molecule has 118 valence electrons. The Balaban J connectivity index is 1.52. The van der Waals surface area contributed by atoms with Gasteiger partial charge in [-0.1, -0.05) is 5.16 Å². The number of amides is 2. The predicted molar refractivity (Wildman–Crippen MR) is 78.4 cm³/mol. The molecule has 1 atom stereocenters. The minimum atomic E-state index is -0.227. The van der Waals surface area contributed by atoms with Crippen molar-refractivity contribution in [3.63, 3.8) is 0 Å². The lowest BCUT2D eigenvalue weighted by molar-refractivity contribution is -0.127. The van der Waals surface area contributed by atoms with Crippen LogP contribution in [0.15, 0.2) is 4.52 Å². The highest BCUT2D eigenvalue weighted by atomic mass is 16.5. The molecule has 1 saturated heterocycles. The Kier molecular flexibility index (Phi) is 3.20. The second kappa shape index (κ2) is 5.11. The van der Waals surface area contributed by atoms with E-state index < -0.39 is 0 Å². The maximum absolute atomic E-state index is 12.6. The van der Waals surface area contributed by atoms with E-state index in [1.54, 1.807) is 0 Å². The third-order valence-corrected chi connectivity index (χ3v) is 5.43. The van der Waals surface area contributed by atoms with Gasteiger partial charge in [0.25, 0.3) is 5.91 Å². The molecule has 2 aliphatic carbocycles. The Bertz CT molecular complexity index is 618. The molecule has 1 aromatic heterocycles. The van der Waals surface area contributed by atoms with Crippen LogP contribution in [0.4, 0.5) is 0 Å². The predicted octanol–water partition coefficient (Wildman–Crippen LogP) is 1.48. The van der Waals surface area contributed by atoms with Crippen LogP contribution in [-0.2, 0) is 17.6 Å². The van der Waals surface area contributed by atoms with Crippen LogP contribution in [-0.4, -0.2) is 28.6 Å². The monoisotopic (exact) mass is 303 g/mol. The van der Waals surface area contributed by atoms with Gasteiger partial charge in [0.15, 0.2) is 5.69 Å². The summed E-state index contributed by atoms with van der Waals surface area (Å²) in [5.41, 5.74) is 1.20. The fourth-order valence-electron chi connectivity index (χ4n) is 4.01. The third-order valence-electron chi connectivity index (χ3n) is 5.43. The van der Waals surface area contributed by atoms with Crippen LogP contribution < -0.4 is 10.6 Å². The first-order valence-corrected chi connectivity index (χ1v) is 8.27. The summed E-state index contributed by atoms with van der Waals surface area (Å²) in [6.07, 6.45) is 8.10. The second-order valence-corrected chi connectivity index (χ2v) is 6.76. The summed E-state index contributed by atoms with van der Waals surface area (Å²) in [6, 6.07) is 0.00221. The van der Waals surface area contributed by atoms with E-state index in [1.807, 2.05) is 0 Å². The minimum absolute atomic E-state index is 0.00221. The fraction of sp³-hybridized carbons (Fsp3) is 0.688. The Labute approximate surface area is 129 Å². The molecule has 0 aromatic carbocycles. The molecular weight excluding hydrogens is 282 g/mol. The normalized spacial score (nSPS) is 26.0. The lowest BCUT2D eigenvalue weighted by Gasteiger charge is -2.50. The molecule has 22 heavy (non-hydrogen) atoms. The zero-order valence-corrected chi connectivity index (χ0v) is 12.6. The van der Waals surface area contributed by atoms with E-state index in [0.717, 1.165) is 56.3 Å². The van der Waals surface area contributed by atoms with Crippen molar-refractivity contribution in [2.45, 2.75) is 69.4 Å². The summed E-state index contributed by atoms with van der Waals surface area (Å²) in [6.45, 7) is 0.